The average molecular weight is 444 g/mol. The zero-order chi connectivity index (χ0) is 22.3. The van der Waals surface area contributed by atoms with Gasteiger partial charge in [0.25, 0.3) is 0 Å². The summed E-state index contributed by atoms with van der Waals surface area (Å²) in [7, 11) is 0. The van der Waals surface area contributed by atoms with E-state index in [4.69, 9.17) is 0 Å². The number of pyridine rings is 1. The maximum Gasteiger partial charge on any atom is 0.0645 e. The molecule has 1 aliphatic carbocycles. The molecule has 33 heavy (non-hydrogen) atoms. The number of hydrogen-bond acceptors (Lipinski definition) is 4. The van der Waals surface area contributed by atoms with E-state index in [1.165, 1.54) is 69.2 Å². The van der Waals surface area contributed by atoms with Crippen LogP contribution in [0.3, 0.4) is 0 Å². The highest BCUT2D eigenvalue weighted by atomic mass is 15.3. The van der Waals surface area contributed by atoms with Gasteiger partial charge >= 0.3 is 0 Å². The van der Waals surface area contributed by atoms with Gasteiger partial charge in [0.2, 0.25) is 0 Å². The Bertz CT molecular complexity index is 948. The fraction of sp³-hybridized carbons (Fsp3) is 0.500. The normalized spacial score (nSPS) is 20.3. The molecule has 5 heteroatoms. The number of likely N-dealkylation sites (tertiary alicyclic amines) is 1. The highest BCUT2D eigenvalue weighted by Gasteiger charge is 2.28. The predicted octanol–water partition coefficient (Wildman–Crippen LogP) is 5.31. The summed E-state index contributed by atoms with van der Waals surface area (Å²) in [5.41, 5.74) is 3.76. The lowest BCUT2D eigenvalue weighted by atomic mass is 9.90. The molecule has 2 aromatic heterocycles. The van der Waals surface area contributed by atoms with Crippen LogP contribution >= 0.6 is 0 Å². The van der Waals surface area contributed by atoms with Crippen molar-refractivity contribution < 1.29 is 0 Å². The molecule has 5 rings (SSSR count). The SMILES string of the molecule is c1cncc(CN(Cc2ccc(-n3cccn3)cc2)CC2CCCN(C3CCCCC3)C2)c1. The first-order valence-electron chi connectivity index (χ1n) is 12.8. The van der Waals surface area contributed by atoms with Crippen LogP contribution in [0.1, 0.15) is 56.1 Å². The van der Waals surface area contributed by atoms with E-state index in [0.717, 1.165) is 37.3 Å². The Hall–Kier alpha value is -2.50. The van der Waals surface area contributed by atoms with E-state index in [1.807, 2.05) is 35.5 Å². The maximum absolute atomic E-state index is 4.36. The lowest BCUT2D eigenvalue weighted by molar-refractivity contribution is 0.0771. The first-order chi connectivity index (χ1) is 16.3. The van der Waals surface area contributed by atoms with Crippen LogP contribution in [-0.4, -0.2) is 50.2 Å². The molecule has 1 aromatic carbocycles. The van der Waals surface area contributed by atoms with Gasteiger partial charge in [-0.3, -0.25) is 9.88 Å². The van der Waals surface area contributed by atoms with Crippen molar-refractivity contribution in [1.82, 2.24) is 24.6 Å². The van der Waals surface area contributed by atoms with Crippen molar-refractivity contribution in [1.29, 1.82) is 0 Å². The second-order valence-electron chi connectivity index (χ2n) is 9.94. The Labute approximate surface area is 198 Å². The molecule has 0 amide bonds. The molecule has 2 aliphatic rings. The standard InChI is InChI=1S/C28H37N5/c1-2-9-27(10-3-1)32-17-5-8-26(23-32)22-31(21-25-7-4-15-29-19-25)20-24-11-13-28(14-12-24)33-18-6-16-30-33/h4,6-7,11-16,18-19,26-27H,1-3,5,8-10,17,20-23H2. The van der Waals surface area contributed by atoms with Crippen molar-refractivity contribution in [2.45, 2.75) is 64.1 Å². The molecule has 0 spiro atoms. The van der Waals surface area contributed by atoms with Crippen molar-refractivity contribution in [3.63, 3.8) is 0 Å². The Kier molecular flexibility index (Phi) is 7.49. The van der Waals surface area contributed by atoms with Gasteiger partial charge in [0, 0.05) is 57.0 Å². The molecule has 2 fully saturated rings. The number of hydrogen-bond donors (Lipinski definition) is 0. The van der Waals surface area contributed by atoms with E-state index in [9.17, 15) is 0 Å². The lowest BCUT2D eigenvalue weighted by Crippen LogP contribution is -2.46. The zero-order valence-electron chi connectivity index (χ0n) is 19.7. The van der Waals surface area contributed by atoms with Crippen LogP contribution in [0.4, 0.5) is 0 Å². The number of aromatic nitrogens is 3. The second kappa shape index (κ2) is 11.1. The third kappa shape index (κ3) is 6.10. The molecule has 1 unspecified atom stereocenters. The maximum atomic E-state index is 4.36. The predicted molar refractivity (Wildman–Crippen MR) is 133 cm³/mol. The minimum Gasteiger partial charge on any atom is -0.300 e. The minimum atomic E-state index is 0.751. The second-order valence-corrected chi connectivity index (χ2v) is 9.94. The summed E-state index contributed by atoms with van der Waals surface area (Å²) in [4.78, 5) is 9.82. The van der Waals surface area contributed by atoms with Crippen LogP contribution in [0.15, 0.2) is 67.3 Å². The number of rotatable bonds is 8. The Balaban J connectivity index is 1.26. The van der Waals surface area contributed by atoms with E-state index in [0.29, 0.717) is 0 Å². The van der Waals surface area contributed by atoms with Crippen LogP contribution in [0.5, 0.6) is 0 Å². The molecule has 0 bridgehead atoms. The van der Waals surface area contributed by atoms with E-state index in [2.05, 4.69) is 56.3 Å². The van der Waals surface area contributed by atoms with Gasteiger partial charge in [-0.05, 0) is 73.5 Å². The van der Waals surface area contributed by atoms with E-state index < -0.39 is 0 Å². The fourth-order valence-electron chi connectivity index (χ4n) is 5.76. The highest BCUT2D eigenvalue weighted by molar-refractivity contribution is 5.33. The summed E-state index contributed by atoms with van der Waals surface area (Å²) in [5.74, 6) is 0.751. The first kappa shape index (κ1) is 22.3. The topological polar surface area (TPSA) is 37.2 Å². The van der Waals surface area contributed by atoms with Crippen molar-refractivity contribution >= 4 is 0 Å². The smallest absolute Gasteiger partial charge is 0.0645 e. The van der Waals surface area contributed by atoms with Crippen LogP contribution < -0.4 is 0 Å². The van der Waals surface area contributed by atoms with Gasteiger partial charge in [-0.2, -0.15) is 5.10 Å². The highest BCUT2D eigenvalue weighted by Crippen LogP contribution is 2.28. The van der Waals surface area contributed by atoms with Crippen LogP contribution in [0.25, 0.3) is 5.69 Å². The van der Waals surface area contributed by atoms with Gasteiger partial charge in [-0.15, -0.1) is 0 Å². The quantitative estimate of drug-likeness (QED) is 0.473. The van der Waals surface area contributed by atoms with Crippen LogP contribution in [0.2, 0.25) is 0 Å². The van der Waals surface area contributed by atoms with Gasteiger partial charge < -0.3 is 4.90 Å². The molecule has 3 heterocycles. The summed E-state index contributed by atoms with van der Waals surface area (Å²) in [6, 6.07) is 15.9. The molecule has 1 saturated heterocycles. The van der Waals surface area contributed by atoms with Crippen LogP contribution in [0, 0.1) is 5.92 Å². The largest absolute Gasteiger partial charge is 0.300 e. The van der Waals surface area contributed by atoms with Crippen molar-refractivity contribution in [2.75, 3.05) is 19.6 Å². The molecule has 3 aromatic rings. The Morgan fingerprint density at radius 2 is 1.70 bits per heavy atom. The van der Waals surface area contributed by atoms with E-state index in [1.54, 1.807) is 0 Å². The summed E-state index contributed by atoms with van der Waals surface area (Å²) >= 11 is 0. The van der Waals surface area contributed by atoms with Gasteiger partial charge in [-0.1, -0.05) is 37.5 Å². The summed E-state index contributed by atoms with van der Waals surface area (Å²) in [6.07, 6.45) is 17.5. The van der Waals surface area contributed by atoms with E-state index >= 15 is 0 Å². The zero-order valence-corrected chi connectivity index (χ0v) is 19.7. The van der Waals surface area contributed by atoms with Gasteiger partial charge in [-0.25, -0.2) is 4.68 Å². The number of benzene rings is 1. The third-order valence-electron chi connectivity index (χ3n) is 7.40. The molecule has 0 N–H and O–H groups in total. The van der Waals surface area contributed by atoms with Crippen LogP contribution in [-0.2, 0) is 13.1 Å². The van der Waals surface area contributed by atoms with E-state index in [-0.39, 0.29) is 0 Å². The molecule has 1 aliphatic heterocycles. The first-order valence-corrected chi connectivity index (χ1v) is 12.8. The molecular formula is C28H37N5. The van der Waals surface area contributed by atoms with Crippen molar-refractivity contribution in [3.05, 3.63) is 78.4 Å². The molecule has 1 atom stereocenters. The van der Waals surface area contributed by atoms with Crippen molar-refractivity contribution in [3.8, 4) is 5.69 Å². The number of piperidine rings is 1. The Morgan fingerprint density at radius 3 is 2.45 bits per heavy atom. The van der Waals surface area contributed by atoms with Gasteiger partial charge in [0.15, 0.2) is 0 Å². The number of nitrogens with zero attached hydrogens (tertiary/aromatic N) is 5. The summed E-state index contributed by atoms with van der Waals surface area (Å²) in [6.45, 7) is 5.65. The third-order valence-corrected chi connectivity index (χ3v) is 7.40. The Morgan fingerprint density at radius 1 is 0.848 bits per heavy atom. The molecule has 1 saturated carbocycles. The van der Waals surface area contributed by atoms with Gasteiger partial charge in [0.05, 0.1) is 5.69 Å². The summed E-state index contributed by atoms with van der Waals surface area (Å²) in [5, 5.41) is 4.35. The van der Waals surface area contributed by atoms with Crippen molar-refractivity contribution in [2.24, 2.45) is 5.92 Å². The molecular weight excluding hydrogens is 406 g/mol. The average Bonchev–Trinajstić information content (AvgIpc) is 3.41. The molecule has 5 nitrogen and oxygen atoms in total. The lowest BCUT2D eigenvalue weighted by Gasteiger charge is -2.41. The summed E-state index contributed by atoms with van der Waals surface area (Å²) < 4.78 is 1.92. The fourth-order valence-corrected chi connectivity index (χ4v) is 5.76. The van der Waals surface area contributed by atoms with Gasteiger partial charge in [0.1, 0.15) is 0 Å². The molecule has 174 valence electrons. The monoisotopic (exact) mass is 443 g/mol. The minimum absolute atomic E-state index is 0.751. The molecule has 0 radical (unpaired) electrons.